The lowest BCUT2D eigenvalue weighted by molar-refractivity contribution is 0.0671. The van der Waals surface area contributed by atoms with Crippen molar-refractivity contribution in [3.05, 3.63) is 53.3 Å². The first kappa shape index (κ1) is 26.6. The predicted octanol–water partition coefficient (Wildman–Crippen LogP) is 2.88. The molecule has 178 valence electrons. The summed E-state index contributed by atoms with van der Waals surface area (Å²) in [6.45, 7) is 12.3. The second-order valence-electron chi connectivity index (χ2n) is 9.05. The van der Waals surface area contributed by atoms with Gasteiger partial charge in [-0.2, -0.15) is 5.10 Å². The van der Waals surface area contributed by atoms with Gasteiger partial charge in [0.1, 0.15) is 5.60 Å². The van der Waals surface area contributed by atoms with Crippen molar-refractivity contribution >= 4 is 29.9 Å². The lowest BCUT2D eigenvalue weighted by atomic mass is 9.95. The first-order chi connectivity index (χ1) is 14.8. The van der Waals surface area contributed by atoms with E-state index in [1.807, 2.05) is 13.2 Å². The van der Waals surface area contributed by atoms with Crippen molar-refractivity contribution in [1.29, 1.82) is 0 Å². The van der Waals surface area contributed by atoms with Gasteiger partial charge in [0.2, 0.25) is 0 Å². The van der Waals surface area contributed by atoms with Gasteiger partial charge in [0.25, 0.3) is 0 Å². The zero-order chi connectivity index (χ0) is 22.4. The number of benzene rings is 1. The Balaban J connectivity index is 0.00000363. The highest BCUT2D eigenvalue weighted by molar-refractivity contribution is 14.0. The van der Waals surface area contributed by atoms with Gasteiger partial charge in [-0.1, -0.05) is 38.1 Å². The van der Waals surface area contributed by atoms with Crippen molar-refractivity contribution in [2.45, 2.75) is 52.3 Å². The topological polar surface area (TPSA) is 77.7 Å². The highest BCUT2D eigenvalue weighted by Gasteiger charge is 2.27. The molecule has 32 heavy (non-hydrogen) atoms. The molecule has 8 heteroatoms. The van der Waals surface area contributed by atoms with E-state index in [4.69, 9.17) is 0 Å². The summed E-state index contributed by atoms with van der Waals surface area (Å²) in [5.41, 5.74) is 2.61. The van der Waals surface area contributed by atoms with Gasteiger partial charge in [-0.05, 0) is 37.3 Å². The number of aliphatic hydroxyl groups is 1. The molecule has 1 aliphatic heterocycles. The summed E-state index contributed by atoms with van der Waals surface area (Å²) < 4.78 is 1.70. The van der Waals surface area contributed by atoms with Gasteiger partial charge in [-0.25, -0.2) is 4.99 Å². The molecule has 2 atom stereocenters. The molecule has 0 aliphatic carbocycles. The predicted molar refractivity (Wildman–Crippen MR) is 141 cm³/mol. The van der Waals surface area contributed by atoms with Gasteiger partial charge < -0.3 is 15.7 Å². The van der Waals surface area contributed by atoms with Crippen molar-refractivity contribution in [2.75, 3.05) is 26.2 Å². The van der Waals surface area contributed by atoms with Crippen LogP contribution in [0.5, 0.6) is 0 Å². The van der Waals surface area contributed by atoms with E-state index in [1.54, 1.807) is 17.8 Å². The van der Waals surface area contributed by atoms with Gasteiger partial charge in [0, 0.05) is 51.0 Å². The van der Waals surface area contributed by atoms with E-state index in [1.165, 1.54) is 11.1 Å². The molecule has 1 aromatic carbocycles. The molecule has 0 saturated carbocycles. The molecule has 3 N–H and O–H groups in total. The molecule has 7 nitrogen and oxygen atoms in total. The summed E-state index contributed by atoms with van der Waals surface area (Å²) in [6.07, 6.45) is 4.62. The van der Waals surface area contributed by atoms with Crippen LogP contribution in [0.3, 0.4) is 0 Å². The number of guanidine groups is 1. The highest BCUT2D eigenvalue weighted by Crippen LogP contribution is 2.23. The molecule has 0 amide bonds. The Kier molecular flexibility index (Phi) is 9.97. The van der Waals surface area contributed by atoms with Crippen LogP contribution in [0.4, 0.5) is 0 Å². The third-order valence-electron chi connectivity index (χ3n) is 6.09. The molecule has 2 aromatic rings. The largest absolute Gasteiger partial charge is 0.383 e. The van der Waals surface area contributed by atoms with E-state index >= 15 is 0 Å². The molecule has 1 aliphatic rings. The minimum atomic E-state index is -1.06. The lowest BCUT2D eigenvalue weighted by Crippen LogP contribution is -2.50. The van der Waals surface area contributed by atoms with Crippen LogP contribution in [0.1, 0.15) is 44.4 Å². The number of rotatable bonds is 8. The third kappa shape index (κ3) is 6.92. The standard InChI is InChI=1S/C24H38N6O.HI/c1-6-25-23(27-17-24(4,31)21-13-28-29(5)16-21)26-14-22(18(2)3)30-12-11-19-9-7-8-10-20(19)15-30;/h7-10,13,16,18,22,31H,6,11-12,14-15,17H2,1-5H3,(H2,25,26,27);1H. The average molecular weight is 555 g/mol. The Labute approximate surface area is 209 Å². The molecule has 0 spiro atoms. The van der Waals surface area contributed by atoms with Crippen LogP contribution in [0.15, 0.2) is 41.7 Å². The van der Waals surface area contributed by atoms with Crippen molar-refractivity contribution in [3.63, 3.8) is 0 Å². The Morgan fingerprint density at radius 3 is 2.59 bits per heavy atom. The molecule has 0 radical (unpaired) electrons. The summed E-state index contributed by atoms with van der Waals surface area (Å²) >= 11 is 0. The zero-order valence-corrected chi connectivity index (χ0v) is 22.3. The van der Waals surface area contributed by atoms with E-state index in [-0.39, 0.29) is 30.5 Å². The summed E-state index contributed by atoms with van der Waals surface area (Å²) in [4.78, 5) is 7.25. The first-order valence-corrected chi connectivity index (χ1v) is 11.3. The number of nitrogens with one attached hydrogen (secondary N) is 2. The Bertz CT molecular complexity index is 879. The summed E-state index contributed by atoms with van der Waals surface area (Å²) in [7, 11) is 1.85. The highest BCUT2D eigenvalue weighted by atomic mass is 127. The quantitative estimate of drug-likeness (QED) is 0.266. The number of aryl methyl sites for hydroxylation is 1. The zero-order valence-electron chi connectivity index (χ0n) is 20.0. The summed E-state index contributed by atoms with van der Waals surface area (Å²) in [6, 6.07) is 9.17. The number of fused-ring (bicyclic) bond motifs is 1. The van der Waals surface area contributed by atoms with Gasteiger partial charge >= 0.3 is 0 Å². The second kappa shape index (κ2) is 12.0. The fourth-order valence-corrected chi connectivity index (χ4v) is 4.15. The number of hydrogen-bond acceptors (Lipinski definition) is 4. The molecule has 0 bridgehead atoms. The number of aliphatic imine (C=N–C) groups is 1. The van der Waals surface area contributed by atoms with Crippen molar-refractivity contribution in [2.24, 2.45) is 18.0 Å². The molecular weight excluding hydrogens is 515 g/mol. The fourth-order valence-electron chi connectivity index (χ4n) is 4.15. The molecule has 1 aromatic heterocycles. The molecule has 0 fully saturated rings. The fraction of sp³-hybridized carbons (Fsp3) is 0.583. The lowest BCUT2D eigenvalue weighted by Gasteiger charge is -2.38. The van der Waals surface area contributed by atoms with E-state index < -0.39 is 5.60 Å². The van der Waals surface area contributed by atoms with Crippen LogP contribution in [-0.2, 0) is 25.6 Å². The van der Waals surface area contributed by atoms with Gasteiger partial charge in [0.15, 0.2) is 5.96 Å². The maximum Gasteiger partial charge on any atom is 0.191 e. The van der Waals surface area contributed by atoms with Crippen molar-refractivity contribution < 1.29 is 5.11 Å². The van der Waals surface area contributed by atoms with Crippen LogP contribution >= 0.6 is 24.0 Å². The van der Waals surface area contributed by atoms with Crippen molar-refractivity contribution in [3.8, 4) is 0 Å². The number of hydrogen-bond donors (Lipinski definition) is 3. The Morgan fingerprint density at radius 1 is 1.25 bits per heavy atom. The van der Waals surface area contributed by atoms with Gasteiger partial charge in [0.05, 0.1) is 12.7 Å². The second-order valence-corrected chi connectivity index (χ2v) is 9.05. The van der Waals surface area contributed by atoms with E-state index in [0.29, 0.717) is 12.0 Å². The Hall–Kier alpha value is -1.65. The normalized spacial score (nSPS) is 17.3. The monoisotopic (exact) mass is 554 g/mol. The van der Waals surface area contributed by atoms with Crippen LogP contribution in [0.2, 0.25) is 0 Å². The molecule has 2 heterocycles. The summed E-state index contributed by atoms with van der Waals surface area (Å²) in [5.74, 6) is 1.24. The molecule has 0 saturated heterocycles. The molecule has 3 rings (SSSR count). The SMILES string of the molecule is CCNC(=NCC(C)(O)c1cnn(C)c1)NCC(C(C)C)N1CCc2ccccc2C1.I. The van der Waals surface area contributed by atoms with E-state index in [2.05, 4.69) is 70.7 Å². The molecule has 2 unspecified atom stereocenters. The maximum atomic E-state index is 10.9. The summed E-state index contributed by atoms with van der Waals surface area (Å²) in [5, 5.41) is 21.9. The number of halogens is 1. The number of aromatic nitrogens is 2. The van der Waals surface area contributed by atoms with Crippen LogP contribution in [-0.4, -0.2) is 58.0 Å². The average Bonchev–Trinajstić information content (AvgIpc) is 3.19. The smallest absolute Gasteiger partial charge is 0.191 e. The van der Waals surface area contributed by atoms with E-state index in [9.17, 15) is 5.11 Å². The first-order valence-electron chi connectivity index (χ1n) is 11.3. The van der Waals surface area contributed by atoms with Gasteiger partial charge in [-0.3, -0.25) is 9.58 Å². The van der Waals surface area contributed by atoms with Crippen LogP contribution < -0.4 is 10.6 Å². The molecular formula is C24H39IN6O. The van der Waals surface area contributed by atoms with Crippen LogP contribution in [0.25, 0.3) is 0 Å². The van der Waals surface area contributed by atoms with Gasteiger partial charge in [-0.15, -0.1) is 24.0 Å². The third-order valence-corrected chi connectivity index (χ3v) is 6.09. The minimum absolute atomic E-state index is 0. The minimum Gasteiger partial charge on any atom is -0.383 e. The number of nitrogens with zero attached hydrogens (tertiary/aromatic N) is 4. The van der Waals surface area contributed by atoms with E-state index in [0.717, 1.165) is 44.1 Å². The Morgan fingerprint density at radius 2 is 1.97 bits per heavy atom. The maximum absolute atomic E-state index is 10.9. The van der Waals surface area contributed by atoms with Crippen LogP contribution in [0, 0.1) is 5.92 Å². The van der Waals surface area contributed by atoms with Crippen molar-refractivity contribution in [1.82, 2.24) is 25.3 Å².